The minimum atomic E-state index is 0. The first-order valence-corrected chi connectivity index (χ1v) is 36.4. The minimum absolute atomic E-state index is 0. The van der Waals surface area contributed by atoms with E-state index in [9.17, 15) is 0 Å². The van der Waals surface area contributed by atoms with Gasteiger partial charge in [-0.05, 0) is 137 Å². The minimum Gasteiger partial charge on any atom is -0.510 e. The van der Waals surface area contributed by atoms with E-state index in [2.05, 4.69) is 328 Å². The average Bonchev–Trinajstić information content (AvgIpc) is 1.66. The van der Waals surface area contributed by atoms with Crippen molar-refractivity contribution in [3.8, 4) is 67.0 Å². The van der Waals surface area contributed by atoms with Gasteiger partial charge in [-0.3, -0.25) is 9.36 Å². The summed E-state index contributed by atoms with van der Waals surface area (Å²) >= 11 is 0. The third-order valence-electron chi connectivity index (χ3n) is 18.4. The van der Waals surface area contributed by atoms with Crippen LogP contribution < -0.4 is 29.4 Å². The van der Waals surface area contributed by atoms with Crippen LogP contribution in [0.15, 0.2) is 365 Å². The molecule has 0 fully saturated rings. The Morgan fingerprint density at radius 2 is 0.637 bits per heavy atom. The topological polar surface area (TPSA) is 61.6 Å². The second-order valence-corrected chi connectivity index (χ2v) is 26.3. The summed E-state index contributed by atoms with van der Waals surface area (Å²) < 4.78 is 3.68. The molecule has 0 amide bonds. The molecule has 15 aromatic rings. The maximum absolute atomic E-state index is 4.37. The van der Waals surface area contributed by atoms with Crippen LogP contribution in [-0.2, 0) is 60.3 Å². The molecule has 15 heteroatoms. The molecular formula is C98H82Ir3N12-4. The Balaban J connectivity index is 0.000000136. The van der Waals surface area contributed by atoms with Crippen molar-refractivity contribution in [2.45, 2.75) is 13.8 Å². The third-order valence-corrected chi connectivity index (χ3v) is 18.4. The van der Waals surface area contributed by atoms with Crippen LogP contribution in [-0.4, -0.2) is 57.6 Å². The van der Waals surface area contributed by atoms with E-state index in [0.717, 1.165) is 45.5 Å². The molecule has 0 saturated carbocycles. The van der Waals surface area contributed by atoms with E-state index in [0.29, 0.717) is 0 Å². The molecule has 13 aromatic carbocycles. The Labute approximate surface area is 707 Å². The first-order chi connectivity index (χ1) is 54.0. The SMILES string of the molecule is CN1C=CN(c2[c-]cc(-c3ccc(-c4ccccc4)cc3)cc2)[CH-]1.CN1C=CN(c2[c-]cc(-c3ccc(-c4ccccc4)cc3)cc2)[CH-]1.CN1[CH-]N(c2[c-]cc(-c3ccccc3)cc2)c2ccccc21.CN1[CH-]N(c2[c-]cccc2)c2ccccc21.Cc1cc(C)n(-c2[c-]cccc2)n1.[Ir+3].[Ir+3].[Ir].[c-]1ccccc1-n1cccn1. The normalized spacial score (nSPS) is 12.5. The number of aromatic nitrogens is 4. The number of fused-ring (bicyclic) bond motifs is 2. The average molecular weight is 2000 g/mol. The number of hydrogen-bond donors (Lipinski definition) is 0. The van der Waals surface area contributed by atoms with Crippen molar-refractivity contribution in [2.24, 2.45) is 0 Å². The van der Waals surface area contributed by atoms with Gasteiger partial charge in [0, 0.05) is 60.9 Å². The monoisotopic (exact) mass is 2010 g/mol. The van der Waals surface area contributed by atoms with E-state index < -0.39 is 0 Å². The molecule has 12 nitrogen and oxygen atoms in total. The number of rotatable bonds is 11. The van der Waals surface area contributed by atoms with E-state index in [4.69, 9.17) is 0 Å². The maximum atomic E-state index is 4.37. The summed E-state index contributed by atoms with van der Waals surface area (Å²) in [5.74, 6) is 0. The van der Waals surface area contributed by atoms with Crippen LogP contribution in [0.3, 0.4) is 0 Å². The fraction of sp³-hybridized carbons (Fsp3) is 0.0612. The summed E-state index contributed by atoms with van der Waals surface area (Å²) in [4.78, 5) is 16.7. The van der Waals surface area contributed by atoms with E-state index >= 15 is 0 Å². The van der Waals surface area contributed by atoms with Gasteiger partial charge in [0.15, 0.2) is 0 Å². The van der Waals surface area contributed by atoms with Crippen molar-refractivity contribution in [1.29, 1.82) is 0 Å². The molecule has 113 heavy (non-hydrogen) atoms. The molecule has 0 aliphatic carbocycles. The van der Waals surface area contributed by atoms with Crippen molar-refractivity contribution in [3.05, 3.63) is 439 Å². The standard InChI is InChI=1S/2C22H18N2.C20H16N2.C14H12N2.C11H11N2.C9H7N2.3Ir/c2*1-23-15-16-24(17-23)22-13-11-21(12-14-22)20-9-7-19(8-10-20)18-5-3-2-4-6-18;1-21-15-22(20-10-6-5-9-19(20)21)18-13-11-17(12-14-18)16-7-3-2-4-8-16;1-15-11-16(12-7-3-2-4-8-12)14-10-6-5-9-13(14)15;1-9-8-10(2)13(12-9)11-6-4-3-5-7-11;1-2-5-9(6-3-1)11-8-4-7-10-11;;;/h2*2-13,15-17H,1H3;2-13,15H,1H3;2-7,9-11H,1H3;3-6,8H,1-2H3;1-5,7-8H;;;/q4*-2;2*-1;;2*+3. The molecule has 0 spiro atoms. The maximum Gasteiger partial charge on any atom is 3.00 e. The van der Waals surface area contributed by atoms with Gasteiger partial charge in [0.2, 0.25) is 0 Å². The molecule has 0 unspecified atom stereocenters. The van der Waals surface area contributed by atoms with Gasteiger partial charge in [-0.2, -0.15) is 170 Å². The molecule has 4 aliphatic heterocycles. The van der Waals surface area contributed by atoms with Gasteiger partial charge >= 0.3 is 40.2 Å². The van der Waals surface area contributed by atoms with Gasteiger partial charge in [-0.25, -0.2) is 0 Å². The number of para-hydroxylation sites is 7. The van der Waals surface area contributed by atoms with Crippen molar-refractivity contribution >= 4 is 45.5 Å². The molecule has 0 N–H and O–H groups in total. The van der Waals surface area contributed by atoms with Crippen molar-refractivity contribution in [2.75, 3.05) is 57.6 Å². The Morgan fingerprint density at radius 3 is 0.982 bits per heavy atom. The van der Waals surface area contributed by atoms with Crippen molar-refractivity contribution < 1.29 is 60.3 Å². The van der Waals surface area contributed by atoms with E-state index in [-0.39, 0.29) is 60.3 Å². The van der Waals surface area contributed by atoms with E-state index in [1.54, 1.807) is 10.9 Å². The van der Waals surface area contributed by atoms with Gasteiger partial charge < -0.3 is 39.2 Å². The number of benzene rings is 13. The van der Waals surface area contributed by atoms with Crippen LogP contribution in [0.25, 0.3) is 67.0 Å². The van der Waals surface area contributed by atoms with Crippen LogP contribution in [0.4, 0.5) is 45.5 Å². The van der Waals surface area contributed by atoms with Crippen LogP contribution >= 0.6 is 0 Å². The zero-order chi connectivity index (χ0) is 75.4. The molecular weight excluding hydrogens is 1920 g/mol. The smallest absolute Gasteiger partial charge is 0.510 e. The summed E-state index contributed by atoms with van der Waals surface area (Å²) in [5, 5.41) is 8.44. The van der Waals surface area contributed by atoms with Crippen molar-refractivity contribution in [1.82, 2.24) is 29.4 Å². The molecule has 2 aromatic heterocycles. The Morgan fingerprint density at radius 1 is 0.301 bits per heavy atom. The molecule has 6 heterocycles. The Kier molecular flexibility index (Phi) is 29.3. The largest absolute Gasteiger partial charge is 3.00 e. The molecule has 0 saturated heterocycles. The van der Waals surface area contributed by atoms with Crippen LogP contribution in [0.5, 0.6) is 0 Å². The number of anilines is 8. The Bertz CT molecular complexity index is 5240. The molecule has 1 radical (unpaired) electrons. The zero-order valence-electron chi connectivity index (χ0n) is 63.3. The van der Waals surface area contributed by atoms with Crippen LogP contribution in [0.1, 0.15) is 11.4 Å². The van der Waals surface area contributed by atoms with Gasteiger partial charge in [-0.1, -0.05) is 180 Å². The second-order valence-electron chi connectivity index (χ2n) is 26.3. The number of hydrogen-bond acceptors (Lipinski definition) is 10. The van der Waals surface area contributed by atoms with Crippen LogP contribution in [0, 0.1) is 76.9 Å². The third kappa shape index (κ3) is 21.2. The molecule has 4 aliphatic rings. The first-order valence-electron chi connectivity index (χ1n) is 36.4. The fourth-order valence-corrected chi connectivity index (χ4v) is 12.8. The zero-order valence-corrected chi connectivity index (χ0v) is 70.5. The molecule has 19 rings (SSSR count). The summed E-state index contributed by atoms with van der Waals surface area (Å²) in [6, 6.07) is 131. The van der Waals surface area contributed by atoms with E-state index in [1.807, 2.05) is 190 Å². The molecule has 565 valence electrons. The number of nitrogens with zero attached hydrogens (tertiary/aromatic N) is 12. The second kappa shape index (κ2) is 40.3. The molecule has 0 atom stereocenters. The predicted molar refractivity (Wildman–Crippen MR) is 452 cm³/mol. The van der Waals surface area contributed by atoms with Gasteiger partial charge in [0.05, 0.1) is 5.69 Å². The summed E-state index contributed by atoms with van der Waals surface area (Å²) in [6.45, 7) is 12.3. The number of aryl methyl sites for hydroxylation is 2. The van der Waals surface area contributed by atoms with Gasteiger partial charge in [0.1, 0.15) is 0 Å². The van der Waals surface area contributed by atoms with Crippen LogP contribution in [0.2, 0.25) is 0 Å². The summed E-state index contributed by atoms with van der Waals surface area (Å²) in [6.07, 6.45) is 11.7. The van der Waals surface area contributed by atoms with Gasteiger partial charge in [0.25, 0.3) is 0 Å². The fourth-order valence-electron chi connectivity index (χ4n) is 12.8. The van der Waals surface area contributed by atoms with E-state index in [1.165, 1.54) is 78.4 Å². The predicted octanol–water partition coefficient (Wildman–Crippen LogP) is 22.3. The van der Waals surface area contributed by atoms with Gasteiger partial charge in [-0.15, -0.1) is 69.8 Å². The summed E-state index contributed by atoms with van der Waals surface area (Å²) in [7, 11) is 8.15. The molecule has 0 bridgehead atoms. The van der Waals surface area contributed by atoms with Crippen molar-refractivity contribution in [3.63, 3.8) is 0 Å². The Hall–Kier alpha value is -11.9. The first kappa shape index (κ1) is 82.1. The summed E-state index contributed by atoms with van der Waals surface area (Å²) in [5.41, 5.74) is 25.3. The quantitative estimate of drug-likeness (QED) is 0.117.